The molecule has 0 amide bonds. The molecule has 0 saturated carbocycles. The van der Waals surface area contributed by atoms with Crippen LogP contribution in [-0.2, 0) is 11.3 Å². The lowest BCUT2D eigenvalue weighted by molar-refractivity contribution is 0.0645. The van der Waals surface area contributed by atoms with E-state index in [1.807, 2.05) is 36.6 Å². The molecule has 0 fully saturated rings. The molecule has 0 bridgehead atoms. The second-order valence-electron chi connectivity index (χ2n) is 3.94. The first-order valence-corrected chi connectivity index (χ1v) is 6.40. The third-order valence-electron chi connectivity index (χ3n) is 2.65. The van der Waals surface area contributed by atoms with Gasteiger partial charge in [-0.2, -0.15) is 0 Å². The number of H-pyrrole nitrogens is 1. The van der Waals surface area contributed by atoms with Crippen LogP contribution >= 0.6 is 23.8 Å². The molecule has 2 rings (SSSR count). The van der Waals surface area contributed by atoms with Crippen LogP contribution in [0.4, 0.5) is 0 Å². The molecule has 2 aromatic rings. The van der Waals surface area contributed by atoms with Crippen molar-refractivity contribution in [2.75, 3.05) is 6.61 Å². The standard InChI is InChI=1S/C12H15ClN2OS/c1-3-16-8(2)7-15-10-6-4-5-9(13)11(10)14-12(15)17/h4-6,8H,3,7H2,1-2H3,(H,14,17). The highest BCUT2D eigenvalue weighted by Crippen LogP contribution is 2.22. The van der Waals surface area contributed by atoms with Crippen LogP contribution < -0.4 is 0 Å². The van der Waals surface area contributed by atoms with Crippen molar-refractivity contribution >= 4 is 34.9 Å². The number of halogens is 1. The SMILES string of the molecule is CCOC(C)Cn1c(=S)[nH]c2c(Cl)cccc21. The summed E-state index contributed by atoms with van der Waals surface area (Å²) < 4.78 is 8.24. The molecule has 1 aromatic heterocycles. The number of para-hydroxylation sites is 1. The smallest absolute Gasteiger partial charge is 0.178 e. The van der Waals surface area contributed by atoms with Gasteiger partial charge in [-0.3, -0.25) is 0 Å². The number of fused-ring (bicyclic) bond motifs is 1. The minimum atomic E-state index is 0.129. The number of hydrogen-bond acceptors (Lipinski definition) is 2. The highest BCUT2D eigenvalue weighted by Gasteiger charge is 2.10. The van der Waals surface area contributed by atoms with Crippen molar-refractivity contribution in [2.24, 2.45) is 0 Å². The van der Waals surface area contributed by atoms with Gasteiger partial charge in [-0.05, 0) is 38.2 Å². The molecule has 1 heterocycles. The highest BCUT2D eigenvalue weighted by molar-refractivity contribution is 7.71. The van der Waals surface area contributed by atoms with Crippen LogP contribution in [-0.4, -0.2) is 22.3 Å². The number of rotatable bonds is 4. The molecule has 1 N–H and O–H groups in total. The van der Waals surface area contributed by atoms with Gasteiger partial charge in [0.15, 0.2) is 4.77 Å². The summed E-state index contributed by atoms with van der Waals surface area (Å²) in [6.07, 6.45) is 0.129. The predicted octanol–water partition coefficient (Wildman–Crippen LogP) is 3.78. The average Bonchev–Trinajstić information content (AvgIpc) is 2.58. The number of nitrogens with zero attached hydrogens (tertiary/aromatic N) is 1. The molecule has 0 spiro atoms. The van der Waals surface area contributed by atoms with Crippen LogP contribution in [0.3, 0.4) is 0 Å². The lowest BCUT2D eigenvalue weighted by Gasteiger charge is -2.12. The molecule has 0 aliphatic rings. The zero-order valence-corrected chi connectivity index (χ0v) is 11.4. The molecule has 17 heavy (non-hydrogen) atoms. The lowest BCUT2D eigenvalue weighted by atomic mass is 10.3. The molecule has 0 radical (unpaired) electrons. The first kappa shape index (κ1) is 12.6. The molecule has 5 heteroatoms. The van der Waals surface area contributed by atoms with Gasteiger partial charge in [0.25, 0.3) is 0 Å². The van der Waals surface area contributed by atoms with E-state index in [4.69, 9.17) is 28.6 Å². The van der Waals surface area contributed by atoms with E-state index in [-0.39, 0.29) is 6.10 Å². The summed E-state index contributed by atoms with van der Waals surface area (Å²) >= 11 is 11.4. The van der Waals surface area contributed by atoms with E-state index in [1.165, 1.54) is 0 Å². The van der Waals surface area contributed by atoms with E-state index in [2.05, 4.69) is 4.98 Å². The third kappa shape index (κ3) is 2.54. The topological polar surface area (TPSA) is 29.9 Å². The van der Waals surface area contributed by atoms with Crippen LogP contribution in [0, 0.1) is 4.77 Å². The zero-order valence-electron chi connectivity index (χ0n) is 9.87. The molecule has 0 aliphatic carbocycles. The van der Waals surface area contributed by atoms with Crippen LogP contribution in [0.15, 0.2) is 18.2 Å². The van der Waals surface area contributed by atoms with Crippen molar-refractivity contribution in [2.45, 2.75) is 26.5 Å². The summed E-state index contributed by atoms with van der Waals surface area (Å²) in [7, 11) is 0. The van der Waals surface area contributed by atoms with E-state index < -0.39 is 0 Å². The first-order chi connectivity index (χ1) is 8.13. The molecule has 92 valence electrons. The Hall–Kier alpha value is -0.840. The van der Waals surface area contributed by atoms with Crippen LogP contribution in [0.1, 0.15) is 13.8 Å². The Kier molecular flexibility index (Phi) is 3.86. The van der Waals surface area contributed by atoms with E-state index in [1.54, 1.807) is 0 Å². The maximum Gasteiger partial charge on any atom is 0.178 e. The summed E-state index contributed by atoms with van der Waals surface area (Å²) in [6, 6.07) is 5.78. The Morgan fingerprint density at radius 3 is 3.00 bits per heavy atom. The maximum absolute atomic E-state index is 6.12. The van der Waals surface area contributed by atoms with Crippen molar-refractivity contribution in [3.8, 4) is 0 Å². The van der Waals surface area contributed by atoms with Gasteiger partial charge in [0.2, 0.25) is 0 Å². The Balaban J connectivity index is 2.43. The molecule has 1 aromatic carbocycles. The largest absolute Gasteiger partial charge is 0.377 e. The Morgan fingerprint density at radius 1 is 1.53 bits per heavy atom. The Bertz CT molecular complexity index is 575. The molecule has 1 unspecified atom stereocenters. The van der Waals surface area contributed by atoms with Gasteiger partial charge in [0.1, 0.15) is 0 Å². The molecule has 3 nitrogen and oxygen atoms in total. The summed E-state index contributed by atoms with van der Waals surface area (Å²) in [5.41, 5.74) is 1.91. The summed E-state index contributed by atoms with van der Waals surface area (Å²) in [5.74, 6) is 0. The first-order valence-electron chi connectivity index (χ1n) is 5.62. The molecule has 1 atom stereocenters. The number of benzene rings is 1. The molecular weight excluding hydrogens is 256 g/mol. The summed E-state index contributed by atoms with van der Waals surface area (Å²) in [6.45, 7) is 5.46. The second kappa shape index (κ2) is 5.21. The molecule has 0 aliphatic heterocycles. The number of aromatic nitrogens is 2. The Labute approximate surface area is 110 Å². The Morgan fingerprint density at radius 2 is 2.29 bits per heavy atom. The molecule has 0 saturated heterocycles. The van der Waals surface area contributed by atoms with Gasteiger partial charge >= 0.3 is 0 Å². The summed E-state index contributed by atoms with van der Waals surface area (Å²) in [5, 5.41) is 0.691. The van der Waals surface area contributed by atoms with Crippen molar-refractivity contribution in [3.05, 3.63) is 28.0 Å². The predicted molar refractivity (Wildman–Crippen MR) is 73.2 cm³/mol. The normalized spacial score (nSPS) is 13.1. The van der Waals surface area contributed by atoms with Gasteiger partial charge in [0.05, 0.1) is 28.7 Å². The zero-order chi connectivity index (χ0) is 12.4. The van der Waals surface area contributed by atoms with Gasteiger partial charge < -0.3 is 14.3 Å². The fourth-order valence-corrected chi connectivity index (χ4v) is 2.41. The lowest BCUT2D eigenvalue weighted by Crippen LogP contribution is -2.16. The highest BCUT2D eigenvalue weighted by atomic mass is 35.5. The van der Waals surface area contributed by atoms with Gasteiger partial charge in [0, 0.05) is 6.61 Å². The minimum absolute atomic E-state index is 0.129. The average molecular weight is 271 g/mol. The quantitative estimate of drug-likeness (QED) is 0.857. The van der Waals surface area contributed by atoms with Crippen LogP contribution in [0.25, 0.3) is 11.0 Å². The van der Waals surface area contributed by atoms with Crippen molar-refractivity contribution in [1.29, 1.82) is 0 Å². The van der Waals surface area contributed by atoms with Gasteiger partial charge in [-0.15, -0.1) is 0 Å². The minimum Gasteiger partial charge on any atom is -0.377 e. The molecular formula is C12H15ClN2OS. The van der Waals surface area contributed by atoms with E-state index in [0.29, 0.717) is 16.4 Å². The maximum atomic E-state index is 6.12. The fraction of sp³-hybridized carbons (Fsp3) is 0.417. The van der Waals surface area contributed by atoms with Gasteiger partial charge in [-0.1, -0.05) is 17.7 Å². The van der Waals surface area contributed by atoms with Crippen LogP contribution in [0.2, 0.25) is 5.02 Å². The second-order valence-corrected chi connectivity index (χ2v) is 4.73. The number of aromatic amines is 1. The van der Waals surface area contributed by atoms with E-state index in [9.17, 15) is 0 Å². The number of nitrogens with one attached hydrogen (secondary N) is 1. The van der Waals surface area contributed by atoms with Crippen molar-refractivity contribution in [1.82, 2.24) is 9.55 Å². The fourth-order valence-electron chi connectivity index (χ4n) is 1.92. The summed E-state index contributed by atoms with van der Waals surface area (Å²) in [4.78, 5) is 3.13. The monoisotopic (exact) mass is 270 g/mol. The van der Waals surface area contributed by atoms with Gasteiger partial charge in [-0.25, -0.2) is 0 Å². The number of ether oxygens (including phenoxy) is 1. The third-order valence-corrected chi connectivity index (χ3v) is 3.29. The van der Waals surface area contributed by atoms with Crippen molar-refractivity contribution < 1.29 is 4.74 Å². The number of imidazole rings is 1. The van der Waals surface area contributed by atoms with E-state index in [0.717, 1.165) is 17.6 Å². The van der Waals surface area contributed by atoms with Crippen LogP contribution in [0.5, 0.6) is 0 Å². The van der Waals surface area contributed by atoms with Crippen molar-refractivity contribution in [3.63, 3.8) is 0 Å². The number of hydrogen-bond donors (Lipinski definition) is 1. The van der Waals surface area contributed by atoms with E-state index >= 15 is 0 Å².